The largest absolute Gasteiger partial charge is 0.489 e. The third-order valence-electron chi connectivity index (χ3n) is 4.46. The van der Waals surface area contributed by atoms with Gasteiger partial charge >= 0.3 is 0 Å². The molecule has 0 radical (unpaired) electrons. The van der Waals surface area contributed by atoms with E-state index in [9.17, 15) is 0 Å². The van der Waals surface area contributed by atoms with E-state index < -0.39 is 0 Å². The first-order chi connectivity index (χ1) is 12.8. The first kappa shape index (κ1) is 16.2. The number of rotatable bonds is 6. The van der Waals surface area contributed by atoms with Crippen molar-refractivity contribution in [2.24, 2.45) is 0 Å². The summed E-state index contributed by atoms with van der Waals surface area (Å²) < 4.78 is 8.05. The molecule has 26 heavy (non-hydrogen) atoms. The molecule has 4 aromatic rings. The number of hydrogen-bond acceptors (Lipinski definition) is 3. The number of nitrogens with one attached hydrogen (secondary N) is 1. The number of imidazole rings is 1. The molecule has 0 atom stereocenters. The minimum absolute atomic E-state index is 0.573. The van der Waals surface area contributed by atoms with Crippen molar-refractivity contribution in [3.05, 3.63) is 95.9 Å². The van der Waals surface area contributed by atoms with Crippen molar-refractivity contribution in [2.75, 3.05) is 5.32 Å². The summed E-state index contributed by atoms with van der Waals surface area (Å²) in [6, 6.07) is 22.4. The lowest BCUT2D eigenvalue weighted by Crippen LogP contribution is -2.03. The summed E-state index contributed by atoms with van der Waals surface area (Å²) in [6.45, 7) is 3.38. The highest BCUT2D eigenvalue weighted by Gasteiger charge is 2.04. The van der Waals surface area contributed by atoms with Gasteiger partial charge in [-0.2, -0.15) is 0 Å². The maximum Gasteiger partial charge on any atom is 0.136 e. The van der Waals surface area contributed by atoms with E-state index in [4.69, 9.17) is 4.74 Å². The minimum Gasteiger partial charge on any atom is -0.489 e. The molecule has 0 saturated heterocycles. The monoisotopic (exact) mass is 343 g/mol. The molecule has 0 unspecified atom stereocenters. The van der Waals surface area contributed by atoms with E-state index in [1.807, 2.05) is 67.0 Å². The van der Waals surface area contributed by atoms with Crippen LogP contribution in [0.5, 0.6) is 5.75 Å². The molecule has 2 aromatic heterocycles. The van der Waals surface area contributed by atoms with Crippen LogP contribution in [0.1, 0.15) is 16.8 Å². The maximum absolute atomic E-state index is 5.96. The molecule has 2 aromatic carbocycles. The third-order valence-corrected chi connectivity index (χ3v) is 4.46. The first-order valence-electron chi connectivity index (χ1n) is 8.72. The molecule has 4 rings (SSSR count). The quantitative estimate of drug-likeness (QED) is 0.545. The summed E-state index contributed by atoms with van der Waals surface area (Å²) in [5.41, 5.74) is 5.55. The second kappa shape index (κ2) is 7.31. The van der Waals surface area contributed by atoms with Gasteiger partial charge in [0.25, 0.3) is 0 Å². The van der Waals surface area contributed by atoms with Crippen LogP contribution in [0, 0.1) is 6.92 Å². The Morgan fingerprint density at radius 2 is 1.88 bits per heavy atom. The number of aryl methyl sites for hydroxylation is 1. The third kappa shape index (κ3) is 3.54. The molecule has 0 amide bonds. The number of ether oxygens (including phenoxy) is 1. The second-order valence-electron chi connectivity index (χ2n) is 6.27. The number of hydrogen-bond donors (Lipinski definition) is 1. The van der Waals surface area contributed by atoms with Gasteiger partial charge in [0.1, 0.15) is 18.0 Å². The van der Waals surface area contributed by atoms with Crippen molar-refractivity contribution in [2.45, 2.75) is 20.1 Å². The van der Waals surface area contributed by atoms with Gasteiger partial charge in [-0.3, -0.25) is 0 Å². The minimum atomic E-state index is 0.573. The predicted molar refractivity (Wildman–Crippen MR) is 104 cm³/mol. The molecule has 0 aliphatic rings. The van der Waals surface area contributed by atoms with E-state index in [0.717, 1.165) is 22.8 Å². The fourth-order valence-corrected chi connectivity index (χ4v) is 2.94. The van der Waals surface area contributed by atoms with Gasteiger partial charge < -0.3 is 14.5 Å². The molecular weight excluding hydrogens is 322 g/mol. The lowest BCUT2D eigenvalue weighted by atomic mass is 10.1. The highest BCUT2D eigenvalue weighted by Crippen LogP contribution is 2.20. The molecule has 0 fully saturated rings. The Balaban J connectivity index is 1.42. The van der Waals surface area contributed by atoms with E-state index in [0.29, 0.717) is 13.2 Å². The molecule has 0 bridgehead atoms. The van der Waals surface area contributed by atoms with Crippen molar-refractivity contribution in [3.8, 4) is 5.75 Å². The average Bonchev–Trinajstić information content (AvgIpc) is 3.09. The standard InChI is InChI=1S/C22H21N3O/c1-17-7-2-3-8-18(17)16-26-21-10-6-9-19(13-21)23-14-20-15-24-22-11-4-5-12-25(20)22/h2-13,15,23H,14,16H2,1H3. The number of anilines is 1. The van der Waals surface area contributed by atoms with E-state index >= 15 is 0 Å². The number of fused-ring (bicyclic) bond motifs is 1. The van der Waals surface area contributed by atoms with Crippen LogP contribution in [0.25, 0.3) is 5.65 Å². The first-order valence-corrected chi connectivity index (χ1v) is 8.72. The summed E-state index contributed by atoms with van der Waals surface area (Å²) in [4.78, 5) is 4.42. The van der Waals surface area contributed by atoms with Crippen molar-refractivity contribution in [1.29, 1.82) is 0 Å². The number of nitrogens with zero attached hydrogens (tertiary/aromatic N) is 2. The Labute approximate surface area is 153 Å². The van der Waals surface area contributed by atoms with Crippen molar-refractivity contribution >= 4 is 11.3 Å². The molecule has 0 spiro atoms. The fraction of sp³-hybridized carbons (Fsp3) is 0.136. The average molecular weight is 343 g/mol. The van der Waals surface area contributed by atoms with Crippen LogP contribution < -0.4 is 10.1 Å². The highest BCUT2D eigenvalue weighted by atomic mass is 16.5. The van der Waals surface area contributed by atoms with Crippen molar-refractivity contribution in [3.63, 3.8) is 0 Å². The number of benzene rings is 2. The Kier molecular flexibility index (Phi) is 4.56. The number of pyridine rings is 1. The summed E-state index contributed by atoms with van der Waals surface area (Å²) >= 11 is 0. The predicted octanol–water partition coefficient (Wildman–Crippen LogP) is 4.83. The van der Waals surface area contributed by atoms with Crippen LogP contribution >= 0.6 is 0 Å². The van der Waals surface area contributed by atoms with Crippen LogP contribution in [0.15, 0.2) is 79.1 Å². The van der Waals surface area contributed by atoms with Crippen LogP contribution in [-0.2, 0) is 13.2 Å². The summed E-state index contributed by atoms with van der Waals surface area (Å²) in [5, 5.41) is 3.45. The van der Waals surface area contributed by atoms with Gasteiger partial charge in [0.2, 0.25) is 0 Å². The fourth-order valence-electron chi connectivity index (χ4n) is 2.94. The van der Waals surface area contributed by atoms with Gasteiger partial charge in [0.15, 0.2) is 0 Å². The van der Waals surface area contributed by atoms with Crippen LogP contribution in [-0.4, -0.2) is 9.38 Å². The van der Waals surface area contributed by atoms with E-state index in [-0.39, 0.29) is 0 Å². The summed E-state index contributed by atoms with van der Waals surface area (Å²) in [5.74, 6) is 0.858. The maximum atomic E-state index is 5.96. The Bertz CT molecular complexity index is 1020. The van der Waals surface area contributed by atoms with Crippen molar-refractivity contribution < 1.29 is 4.74 Å². The molecule has 130 valence electrons. The lowest BCUT2D eigenvalue weighted by molar-refractivity contribution is 0.305. The lowest BCUT2D eigenvalue weighted by Gasteiger charge is -2.11. The van der Waals surface area contributed by atoms with Crippen LogP contribution in [0.4, 0.5) is 5.69 Å². The van der Waals surface area contributed by atoms with Gasteiger partial charge in [0, 0.05) is 18.0 Å². The smallest absolute Gasteiger partial charge is 0.136 e. The van der Waals surface area contributed by atoms with Gasteiger partial charge in [-0.05, 0) is 42.3 Å². The Morgan fingerprint density at radius 3 is 2.81 bits per heavy atom. The zero-order valence-corrected chi connectivity index (χ0v) is 14.7. The molecule has 4 nitrogen and oxygen atoms in total. The Hall–Kier alpha value is -3.27. The highest BCUT2D eigenvalue weighted by molar-refractivity contribution is 5.49. The van der Waals surface area contributed by atoms with Crippen molar-refractivity contribution in [1.82, 2.24) is 9.38 Å². The molecular formula is C22H21N3O. The normalized spacial score (nSPS) is 10.8. The summed E-state index contributed by atoms with van der Waals surface area (Å²) in [7, 11) is 0. The topological polar surface area (TPSA) is 38.6 Å². The van der Waals surface area contributed by atoms with Crippen LogP contribution in [0.2, 0.25) is 0 Å². The van der Waals surface area contributed by atoms with Gasteiger partial charge in [-0.25, -0.2) is 4.98 Å². The molecule has 1 N–H and O–H groups in total. The zero-order valence-electron chi connectivity index (χ0n) is 14.7. The van der Waals surface area contributed by atoms with Gasteiger partial charge in [-0.1, -0.05) is 36.4 Å². The second-order valence-corrected chi connectivity index (χ2v) is 6.27. The van der Waals surface area contributed by atoms with Crippen LogP contribution in [0.3, 0.4) is 0 Å². The van der Waals surface area contributed by atoms with Gasteiger partial charge in [-0.15, -0.1) is 0 Å². The SMILES string of the molecule is Cc1ccccc1COc1cccc(NCc2cnc3ccccn23)c1. The number of aromatic nitrogens is 2. The molecule has 4 heteroatoms. The van der Waals surface area contributed by atoms with E-state index in [1.54, 1.807) is 0 Å². The zero-order chi connectivity index (χ0) is 17.8. The van der Waals surface area contributed by atoms with E-state index in [2.05, 4.69) is 33.8 Å². The van der Waals surface area contributed by atoms with Gasteiger partial charge in [0.05, 0.1) is 18.4 Å². The molecule has 2 heterocycles. The Morgan fingerprint density at radius 1 is 1.00 bits per heavy atom. The molecule has 0 saturated carbocycles. The molecule has 0 aliphatic heterocycles. The molecule has 0 aliphatic carbocycles. The van der Waals surface area contributed by atoms with E-state index in [1.165, 1.54) is 11.1 Å². The summed E-state index contributed by atoms with van der Waals surface area (Å²) in [6.07, 6.45) is 3.93.